The Labute approximate surface area is 157 Å². The van der Waals surface area contributed by atoms with Crippen molar-refractivity contribution in [2.75, 3.05) is 6.61 Å². The predicted molar refractivity (Wildman–Crippen MR) is 99.6 cm³/mol. The fourth-order valence-corrected chi connectivity index (χ4v) is 6.34. The van der Waals surface area contributed by atoms with Gasteiger partial charge in [-0.1, -0.05) is 25.5 Å². The van der Waals surface area contributed by atoms with Gasteiger partial charge in [0.05, 0.1) is 24.4 Å². The third-order valence-corrected chi connectivity index (χ3v) is 7.59. The number of rotatable bonds is 1. The summed E-state index contributed by atoms with van der Waals surface area (Å²) < 4.78 is 19.2. The lowest BCUT2D eigenvalue weighted by Gasteiger charge is -2.46. The fourth-order valence-electron chi connectivity index (χ4n) is 6.34. The molecule has 9 atom stereocenters. The number of ether oxygens (including phenoxy) is 3. The van der Waals surface area contributed by atoms with E-state index in [-0.39, 0.29) is 35.8 Å². The van der Waals surface area contributed by atoms with Gasteiger partial charge in [0, 0.05) is 12.8 Å². The smallest absolute Gasteiger partial charge is 0.302 e. The molecule has 0 amide bonds. The first-order valence-corrected chi connectivity index (χ1v) is 10.4. The van der Waals surface area contributed by atoms with Gasteiger partial charge < -0.3 is 14.2 Å². The highest BCUT2D eigenvalue weighted by atomic mass is 16.6. The Balaban J connectivity index is 1.79. The maximum atomic E-state index is 11.8. The highest BCUT2D eigenvalue weighted by Crippen LogP contribution is 2.57. The fraction of sp³-hybridized carbons (Fsp3) is 0.864. The van der Waals surface area contributed by atoms with Gasteiger partial charge in [0.1, 0.15) is 6.10 Å². The van der Waals surface area contributed by atoms with Crippen molar-refractivity contribution in [1.29, 1.82) is 0 Å². The summed E-state index contributed by atoms with van der Waals surface area (Å²) in [6, 6.07) is 0. The predicted octanol–water partition coefficient (Wildman–Crippen LogP) is 4.13. The zero-order valence-corrected chi connectivity index (χ0v) is 16.9. The van der Waals surface area contributed by atoms with Crippen LogP contribution in [0.1, 0.15) is 60.3 Å². The first-order chi connectivity index (χ1) is 12.3. The van der Waals surface area contributed by atoms with E-state index in [1.165, 1.54) is 5.57 Å². The minimum Gasteiger partial charge on any atom is -0.462 e. The first kappa shape index (κ1) is 18.5. The zero-order chi connectivity index (χ0) is 18.6. The molecule has 4 nitrogen and oxygen atoms in total. The van der Waals surface area contributed by atoms with E-state index in [0.29, 0.717) is 23.7 Å². The molecule has 1 aliphatic carbocycles. The van der Waals surface area contributed by atoms with Gasteiger partial charge in [0.25, 0.3) is 0 Å². The zero-order valence-electron chi connectivity index (χ0n) is 16.9. The molecule has 26 heavy (non-hydrogen) atoms. The lowest BCUT2D eigenvalue weighted by molar-refractivity contribution is -0.160. The molecule has 146 valence electrons. The Hall–Kier alpha value is -0.870. The lowest BCUT2D eigenvalue weighted by Crippen LogP contribution is -2.51. The Kier molecular flexibility index (Phi) is 4.71. The maximum absolute atomic E-state index is 11.8. The van der Waals surface area contributed by atoms with Crippen LogP contribution in [-0.2, 0) is 19.0 Å². The third-order valence-electron chi connectivity index (χ3n) is 7.59. The summed E-state index contributed by atoms with van der Waals surface area (Å²) >= 11 is 0. The van der Waals surface area contributed by atoms with Crippen molar-refractivity contribution in [1.82, 2.24) is 0 Å². The molecule has 0 spiro atoms. The van der Waals surface area contributed by atoms with Crippen LogP contribution in [0.2, 0.25) is 0 Å². The van der Waals surface area contributed by atoms with Crippen LogP contribution in [-0.4, -0.2) is 36.5 Å². The van der Waals surface area contributed by atoms with Gasteiger partial charge in [0.2, 0.25) is 0 Å². The van der Waals surface area contributed by atoms with E-state index in [2.05, 4.69) is 33.8 Å². The van der Waals surface area contributed by atoms with Crippen LogP contribution in [0.3, 0.4) is 0 Å². The third kappa shape index (κ3) is 2.93. The summed E-state index contributed by atoms with van der Waals surface area (Å²) in [6.07, 6.45) is 6.64. The summed E-state index contributed by atoms with van der Waals surface area (Å²) in [6.45, 7) is 11.4. The quantitative estimate of drug-likeness (QED) is 0.520. The summed E-state index contributed by atoms with van der Waals surface area (Å²) in [5.41, 5.74) is 1.14. The number of carbonyl (C=O) groups excluding carboxylic acids is 1. The molecule has 0 aromatic rings. The molecule has 3 aliphatic heterocycles. The molecule has 0 aromatic heterocycles. The number of hydrogen-bond acceptors (Lipinski definition) is 4. The van der Waals surface area contributed by atoms with Crippen molar-refractivity contribution in [3.8, 4) is 0 Å². The van der Waals surface area contributed by atoms with Gasteiger partial charge in [-0.05, 0) is 63.2 Å². The standard InChI is InChI=1S/C22H34O4/c1-12-7-6-8-22(5)21-18-16(14(3)11-24-22)10-13(2)20(25-15(4)23)19(18)17(9-12)26-21/h7,13-14,16-21H,6,8-11H2,1-5H3/b12-7-/t13-,14?,16+,17+,18?,19?,20-,21+,22+/m1/s1. The Morgan fingerprint density at radius 1 is 1.27 bits per heavy atom. The van der Waals surface area contributed by atoms with Crippen molar-refractivity contribution in [2.45, 2.75) is 84.2 Å². The van der Waals surface area contributed by atoms with Gasteiger partial charge in [-0.3, -0.25) is 4.79 Å². The van der Waals surface area contributed by atoms with Crippen molar-refractivity contribution in [2.24, 2.45) is 29.6 Å². The van der Waals surface area contributed by atoms with Crippen molar-refractivity contribution < 1.29 is 19.0 Å². The van der Waals surface area contributed by atoms with Gasteiger partial charge in [0.15, 0.2) is 0 Å². The van der Waals surface area contributed by atoms with Gasteiger partial charge >= 0.3 is 5.97 Å². The summed E-state index contributed by atoms with van der Waals surface area (Å²) in [5, 5.41) is 0. The summed E-state index contributed by atoms with van der Waals surface area (Å²) in [4.78, 5) is 11.8. The highest BCUT2D eigenvalue weighted by molar-refractivity contribution is 5.66. The van der Waals surface area contributed by atoms with E-state index < -0.39 is 0 Å². The van der Waals surface area contributed by atoms with Crippen LogP contribution in [0.15, 0.2) is 11.6 Å². The molecule has 0 aromatic carbocycles. The monoisotopic (exact) mass is 362 g/mol. The van der Waals surface area contributed by atoms with Crippen LogP contribution in [0, 0.1) is 29.6 Å². The number of fused-ring (bicyclic) bond motifs is 2. The molecule has 2 bridgehead atoms. The molecule has 0 radical (unpaired) electrons. The van der Waals surface area contributed by atoms with Crippen molar-refractivity contribution >= 4 is 5.97 Å². The van der Waals surface area contributed by atoms with Crippen molar-refractivity contribution in [3.63, 3.8) is 0 Å². The number of hydrogen-bond donors (Lipinski definition) is 0. The number of allylic oxidation sites excluding steroid dienone is 1. The van der Waals surface area contributed by atoms with E-state index in [1.807, 2.05) is 0 Å². The molecule has 3 unspecified atom stereocenters. The number of esters is 1. The second-order valence-corrected chi connectivity index (χ2v) is 9.59. The van der Waals surface area contributed by atoms with Crippen LogP contribution in [0.4, 0.5) is 0 Å². The Morgan fingerprint density at radius 3 is 2.77 bits per heavy atom. The van der Waals surface area contributed by atoms with Crippen LogP contribution in [0.25, 0.3) is 0 Å². The van der Waals surface area contributed by atoms with Crippen LogP contribution in [0.5, 0.6) is 0 Å². The molecule has 4 rings (SSSR count). The molecule has 3 heterocycles. The second-order valence-electron chi connectivity index (χ2n) is 9.59. The summed E-state index contributed by atoms with van der Waals surface area (Å²) in [5.74, 6) is 2.01. The molecule has 4 aliphatic rings. The van der Waals surface area contributed by atoms with E-state index in [9.17, 15) is 4.79 Å². The topological polar surface area (TPSA) is 44.8 Å². The van der Waals surface area contributed by atoms with Crippen LogP contribution < -0.4 is 0 Å². The van der Waals surface area contributed by atoms with Crippen LogP contribution >= 0.6 is 0 Å². The van der Waals surface area contributed by atoms with E-state index in [4.69, 9.17) is 14.2 Å². The first-order valence-electron chi connectivity index (χ1n) is 10.4. The number of carbonyl (C=O) groups is 1. The normalized spacial score (nSPS) is 52.7. The molecular formula is C22H34O4. The Morgan fingerprint density at radius 2 is 2.04 bits per heavy atom. The SMILES string of the molecule is CC(=O)O[C@H]1C2C3[C@@H](C[C@H]1C)C(C)CO[C@@]1(C)CC/C=C(/C)C[C@@H]2O[C@@H]31. The molecule has 0 N–H and O–H groups in total. The largest absolute Gasteiger partial charge is 0.462 e. The molecule has 3 fully saturated rings. The Bertz CT molecular complexity index is 599. The second kappa shape index (κ2) is 6.63. The van der Waals surface area contributed by atoms with Gasteiger partial charge in [-0.2, -0.15) is 0 Å². The highest BCUT2D eigenvalue weighted by Gasteiger charge is 2.62. The molecule has 1 saturated carbocycles. The van der Waals surface area contributed by atoms with E-state index >= 15 is 0 Å². The lowest BCUT2D eigenvalue weighted by atomic mass is 9.59. The average Bonchev–Trinajstić information content (AvgIpc) is 2.92. The average molecular weight is 363 g/mol. The van der Waals surface area contributed by atoms with Gasteiger partial charge in [-0.15, -0.1) is 0 Å². The van der Waals surface area contributed by atoms with E-state index in [1.54, 1.807) is 6.92 Å². The van der Waals surface area contributed by atoms with Crippen molar-refractivity contribution in [3.05, 3.63) is 11.6 Å². The summed E-state index contributed by atoms with van der Waals surface area (Å²) in [7, 11) is 0. The minimum atomic E-state index is -0.247. The van der Waals surface area contributed by atoms with E-state index in [0.717, 1.165) is 32.3 Å². The minimum absolute atomic E-state index is 0.0365. The maximum Gasteiger partial charge on any atom is 0.302 e. The molecule has 2 saturated heterocycles. The molecular weight excluding hydrogens is 328 g/mol. The molecule has 4 heteroatoms. The van der Waals surface area contributed by atoms with Gasteiger partial charge in [-0.25, -0.2) is 0 Å².